The number of carbonyl (C=O) groups excluding carboxylic acids is 1. The van der Waals surface area contributed by atoms with Crippen LogP contribution in [0.25, 0.3) is 22.4 Å². The van der Waals surface area contributed by atoms with E-state index in [2.05, 4.69) is 9.55 Å². The first-order valence-corrected chi connectivity index (χ1v) is 9.80. The fourth-order valence-corrected chi connectivity index (χ4v) is 4.15. The fourth-order valence-electron chi connectivity index (χ4n) is 4.15. The van der Waals surface area contributed by atoms with E-state index in [4.69, 9.17) is 9.15 Å². The van der Waals surface area contributed by atoms with Gasteiger partial charge in [-0.3, -0.25) is 0 Å². The minimum Gasteiger partial charge on any atom is -0.465 e. The smallest absolute Gasteiger partial charge is 0.337 e. The van der Waals surface area contributed by atoms with Gasteiger partial charge in [0.15, 0.2) is 12.2 Å². The van der Waals surface area contributed by atoms with E-state index in [1.165, 1.54) is 56.6 Å². The molecule has 1 fully saturated rings. The molecule has 0 saturated heterocycles. The summed E-state index contributed by atoms with van der Waals surface area (Å²) in [5, 5.41) is 1.19. The minimum absolute atomic E-state index is 0.316. The summed E-state index contributed by atoms with van der Waals surface area (Å²) in [6.45, 7) is 4.00. The van der Waals surface area contributed by atoms with E-state index in [1.807, 2.05) is 39.1 Å². The Hall–Kier alpha value is -2.56. The molecule has 4 rings (SSSR count). The van der Waals surface area contributed by atoms with Crippen molar-refractivity contribution >= 4 is 16.9 Å². The number of carbonyl (C=O) groups is 1. The third-order valence-electron chi connectivity index (χ3n) is 5.34. The molecule has 0 N–H and O–H groups in total. The zero-order valence-corrected chi connectivity index (χ0v) is 16.6. The summed E-state index contributed by atoms with van der Waals surface area (Å²) < 4.78 is 12.6. The van der Waals surface area contributed by atoms with E-state index in [0.29, 0.717) is 11.5 Å². The molecule has 0 atom stereocenters. The van der Waals surface area contributed by atoms with Crippen molar-refractivity contribution in [2.75, 3.05) is 7.11 Å². The summed E-state index contributed by atoms with van der Waals surface area (Å²) in [6, 6.07) is 5.81. The van der Waals surface area contributed by atoms with Crippen molar-refractivity contribution in [1.82, 2.24) is 9.55 Å². The standard InChI is InChI=1S/C20H22N2O3.C2H6/c1-22-16-10-14(20(23)24-2)8-9-15(16)18(13-6-4-3-5-7-13)19(22)17-11-21-12-25-17;1-2/h8-13H,3-7H2,1-2H3;1-2H3. The molecule has 0 aliphatic heterocycles. The van der Waals surface area contributed by atoms with Gasteiger partial charge >= 0.3 is 5.97 Å². The molecule has 0 amide bonds. The fraction of sp³-hybridized carbons (Fsp3) is 0.455. The Kier molecular flexibility index (Phi) is 5.99. The van der Waals surface area contributed by atoms with Gasteiger partial charge in [0.2, 0.25) is 0 Å². The van der Waals surface area contributed by atoms with Crippen molar-refractivity contribution in [2.45, 2.75) is 51.9 Å². The SMILES string of the molecule is CC.COC(=O)c1ccc2c(C3CCCCC3)c(-c3cnco3)n(C)c2c1. The Morgan fingerprint density at radius 2 is 1.96 bits per heavy atom. The maximum absolute atomic E-state index is 11.9. The van der Waals surface area contributed by atoms with E-state index in [-0.39, 0.29) is 5.97 Å². The first kappa shape index (κ1) is 19.2. The Balaban J connectivity index is 0.00000102. The number of ether oxygens (including phenoxy) is 1. The molecule has 2 heterocycles. The van der Waals surface area contributed by atoms with Crippen molar-refractivity contribution in [3.63, 3.8) is 0 Å². The third kappa shape index (κ3) is 3.51. The second-order valence-corrected chi connectivity index (χ2v) is 6.75. The van der Waals surface area contributed by atoms with E-state index in [1.54, 1.807) is 6.20 Å². The maximum atomic E-state index is 11.9. The van der Waals surface area contributed by atoms with E-state index < -0.39 is 0 Å². The van der Waals surface area contributed by atoms with Gasteiger partial charge in [-0.15, -0.1) is 0 Å². The number of fused-ring (bicyclic) bond motifs is 1. The minimum atomic E-state index is -0.316. The first-order valence-electron chi connectivity index (χ1n) is 9.80. The highest BCUT2D eigenvalue weighted by molar-refractivity contribution is 5.98. The molecule has 1 aliphatic rings. The summed E-state index contributed by atoms with van der Waals surface area (Å²) in [7, 11) is 3.43. The van der Waals surface area contributed by atoms with E-state index in [9.17, 15) is 4.79 Å². The maximum Gasteiger partial charge on any atom is 0.337 e. The summed E-state index contributed by atoms with van der Waals surface area (Å²) in [6.07, 6.45) is 9.46. The predicted molar refractivity (Wildman–Crippen MR) is 107 cm³/mol. The third-order valence-corrected chi connectivity index (χ3v) is 5.34. The molecular weight excluding hydrogens is 340 g/mol. The molecule has 5 heteroatoms. The number of benzene rings is 1. The molecular formula is C22H28N2O3. The lowest BCUT2D eigenvalue weighted by atomic mass is 9.82. The Labute approximate surface area is 160 Å². The van der Waals surface area contributed by atoms with Crippen molar-refractivity contribution in [1.29, 1.82) is 0 Å². The number of aryl methyl sites for hydroxylation is 1. The van der Waals surface area contributed by atoms with Crippen LogP contribution in [-0.4, -0.2) is 22.6 Å². The number of hydrogen-bond donors (Lipinski definition) is 0. The molecule has 1 aliphatic carbocycles. The second-order valence-electron chi connectivity index (χ2n) is 6.75. The highest BCUT2D eigenvalue weighted by Gasteiger charge is 2.27. The molecule has 144 valence electrons. The second kappa shape index (κ2) is 8.42. The lowest BCUT2D eigenvalue weighted by Gasteiger charge is -2.22. The molecule has 3 aromatic rings. The molecule has 5 nitrogen and oxygen atoms in total. The van der Waals surface area contributed by atoms with Gasteiger partial charge in [-0.05, 0) is 36.5 Å². The van der Waals surface area contributed by atoms with Gasteiger partial charge in [0.25, 0.3) is 0 Å². The van der Waals surface area contributed by atoms with Crippen LogP contribution in [-0.2, 0) is 11.8 Å². The van der Waals surface area contributed by atoms with Crippen LogP contribution in [0, 0.1) is 0 Å². The van der Waals surface area contributed by atoms with Gasteiger partial charge in [0, 0.05) is 18.0 Å². The van der Waals surface area contributed by atoms with Crippen LogP contribution in [0.15, 0.2) is 35.2 Å². The van der Waals surface area contributed by atoms with Gasteiger partial charge in [-0.1, -0.05) is 39.2 Å². The van der Waals surface area contributed by atoms with Crippen LogP contribution in [0.5, 0.6) is 0 Å². The molecule has 27 heavy (non-hydrogen) atoms. The van der Waals surface area contributed by atoms with Gasteiger partial charge in [-0.25, -0.2) is 9.78 Å². The average Bonchev–Trinajstić information content (AvgIpc) is 3.35. The van der Waals surface area contributed by atoms with Crippen LogP contribution in [0.2, 0.25) is 0 Å². The largest absolute Gasteiger partial charge is 0.465 e. The van der Waals surface area contributed by atoms with Crippen LogP contribution in [0.3, 0.4) is 0 Å². The van der Waals surface area contributed by atoms with E-state index >= 15 is 0 Å². The average molecular weight is 368 g/mol. The number of methoxy groups -OCH3 is 1. The molecule has 1 aromatic carbocycles. The monoisotopic (exact) mass is 368 g/mol. The summed E-state index contributed by atoms with van der Waals surface area (Å²) in [5.41, 5.74) is 3.98. The normalized spacial score (nSPS) is 14.7. The van der Waals surface area contributed by atoms with Gasteiger partial charge in [0.05, 0.1) is 24.6 Å². The van der Waals surface area contributed by atoms with Crippen molar-refractivity contribution in [2.24, 2.45) is 7.05 Å². The molecule has 2 aromatic heterocycles. The zero-order valence-electron chi connectivity index (χ0n) is 16.6. The molecule has 1 saturated carbocycles. The van der Waals surface area contributed by atoms with Gasteiger partial charge in [0.1, 0.15) is 0 Å². The zero-order chi connectivity index (χ0) is 19.4. The summed E-state index contributed by atoms with van der Waals surface area (Å²) >= 11 is 0. The van der Waals surface area contributed by atoms with Crippen LogP contribution < -0.4 is 0 Å². The lowest BCUT2D eigenvalue weighted by molar-refractivity contribution is 0.0601. The van der Waals surface area contributed by atoms with Crippen LogP contribution in [0.4, 0.5) is 0 Å². The number of rotatable bonds is 3. The van der Waals surface area contributed by atoms with Crippen LogP contribution >= 0.6 is 0 Å². The number of hydrogen-bond acceptors (Lipinski definition) is 4. The topological polar surface area (TPSA) is 57.3 Å². The quantitative estimate of drug-likeness (QED) is 0.557. The summed E-state index contributed by atoms with van der Waals surface area (Å²) in [5.74, 6) is 0.976. The van der Waals surface area contributed by atoms with Crippen molar-refractivity contribution < 1.29 is 13.9 Å². The van der Waals surface area contributed by atoms with Crippen molar-refractivity contribution in [3.05, 3.63) is 41.9 Å². The molecule has 0 spiro atoms. The lowest BCUT2D eigenvalue weighted by Crippen LogP contribution is -2.06. The highest BCUT2D eigenvalue weighted by atomic mass is 16.5. The number of oxazole rings is 1. The molecule has 0 unspecified atom stereocenters. The Bertz CT molecular complexity index is 903. The molecule has 0 radical (unpaired) electrons. The molecule has 0 bridgehead atoms. The van der Waals surface area contributed by atoms with Gasteiger partial charge in [-0.2, -0.15) is 0 Å². The first-order chi connectivity index (χ1) is 13.2. The Morgan fingerprint density at radius 1 is 1.22 bits per heavy atom. The Morgan fingerprint density at radius 3 is 2.59 bits per heavy atom. The van der Waals surface area contributed by atoms with Gasteiger partial charge < -0.3 is 13.7 Å². The number of aromatic nitrogens is 2. The highest BCUT2D eigenvalue weighted by Crippen LogP contribution is 2.43. The predicted octanol–water partition coefficient (Wildman–Crippen LogP) is 5.69. The number of nitrogens with zero attached hydrogens (tertiary/aromatic N) is 2. The number of esters is 1. The summed E-state index contributed by atoms with van der Waals surface area (Å²) in [4.78, 5) is 16.0. The van der Waals surface area contributed by atoms with E-state index in [0.717, 1.165) is 17.0 Å². The van der Waals surface area contributed by atoms with Crippen LogP contribution in [0.1, 0.15) is 67.8 Å². The van der Waals surface area contributed by atoms with Crippen molar-refractivity contribution in [3.8, 4) is 11.5 Å².